The van der Waals surface area contributed by atoms with Crippen LogP contribution in [0.1, 0.15) is 38.9 Å². The summed E-state index contributed by atoms with van der Waals surface area (Å²) in [5.74, 6) is -0.644. The van der Waals surface area contributed by atoms with Crippen LogP contribution in [-0.2, 0) is 9.59 Å². The fraction of sp³-hybridized carbons (Fsp3) is 0.214. The Hall–Kier alpha value is -3.66. The van der Waals surface area contributed by atoms with Crippen LogP contribution in [0, 0.1) is 41.5 Å². The highest BCUT2D eigenvalue weighted by Gasteiger charge is 2.41. The molecule has 0 saturated heterocycles. The molecule has 162 valence electrons. The molecule has 0 unspecified atom stereocenters. The molecule has 1 N–H and O–H groups in total. The standard InChI is InChI=1S/C28H28N2O2/c1-16-10-13-24(20(5)14-16)30-27(31)25(22-12-11-17(2)19(4)15-22)26(28(30)32)29-23-9-7-8-18(3)21(23)6/h7-15,29H,1-6H3. The second kappa shape index (κ2) is 8.12. The average Bonchev–Trinajstić information content (AvgIpc) is 2.98. The molecule has 2 amide bonds. The lowest BCUT2D eigenvalue weighted by Gasteiger charge is -2.18. The summed E-state index contributed by atoms with van der Waals surface area (Å²) in [6, 6.07) is 17.6. The number of benzene rings is 3. The van der Waals surface area contributed by atoms with E-state index in [9.17, 15) is 9.59 Å². The van der Waals surface area contributed by atoms with Crippen molar-refractivity contribution in [3.05, 3.63) is 99.2 Å². The van der Waals surface area contributed by atoms with Gasteiger partial charge in [0, 0.05) is 5.69 Å². The molecule has 4 nitrogen and oxygen atoms in total. The monoisotopic (exact) mass is 424 g/mol. The largest absolute Gasteiger partial charge is 0.350 e. The molecule has 32 heavy (non-hydrogen) atoms. The molecule has 0 atom stereocenters. The molecule has 1 aliphatic heterocycles. The van der Waals surface area contributed by atoms with Gasteiger partial charge >= 0.3 is 0 Å². The van der Waals surface area contributed by atoms with E-state index in [4.69, 9.17) is 0 Å². The minimum Gasteiger partial charge on any atom is -0.350 e. The molecule has 1 aliphatic rings. The molecule has 0 bridgehead atoms. The van der Waals surface area contributed by atoms with Crippen molar-refractivity contribution >= 4 is 28.8 Å². The minimum absolute atomic E-state index is 0.307. The third kappa shape index (κ3) is 3.62. The van der Waals surface area contributed by atoms with Gasteiger partial charge in [-0.15, -0.1) is 0 Å². The molecule has 0 saturated carbocycles. The Morgan fingerprint density at radius 2 is 1.44 bits per heavy atom. The predicted molar refractivity (Wildman–Crippen MR) is 131 cm³/mol. The van der Waals surface area contributed by atoms with Crippen molar-refractivity contribution in [2.75, 3.05) is 10.2 Å². The summed E-state index contributed by atoms with van der Waals surface area (Å²) >= 11 is 0. The van der Waals surface area contributed by atoms with Gasteiger partial charge in [-0.05, 0) is 87.1 Å². The van der Waals surface area contributed by atoms with Gasteiger partial charge in [-0.25, -0.2) is 4.90 Å². The third-order valence-corrected chi connectivity index (χ3v) is 6.34. The topological polar surface area (TPSA) is 49.4 Å². The average molecular weight is 425 g/mol. The maximum atomic E-state index is 13.7. The van der Waals surface area contributed by atoms with E-state index in [2.05, 4.69) is 5.32 Å². The number of anilines is 2. The number of amides is 2. The molecule has 0 fully saturated rings. The smallest absolute Gasteiger partial charge is 0.282 e. The van der Waals surface area contributed by atoms with Gasteiger partial charge in [0.05, 0.1) is 11.3 Å². The van der Waals surface area contributed by atoms with E-state index in [0.717, 1.165) is 44.6 Å². The normalized spacial score (nSPS) is 13.9. The summed E-state index contributed by atoms with van der Waals surface area (Å²) in [4.78, 5) is 28.7. The number of carbonyl (C=O) groups excluding carboxylic acids is 2. The highest BCUT2D eigenvalue weighted by Crippen LogP contribution is 2.36. The first kappa shape index (κ1) is 21.6. The third-order valence-electron chi connectivity index (χ3n) is 6.34. The summed E-state index contributed by atoms with van der Waals surface area (Å²) < 4.78 is 0. The van der Waals surface area contributed by atoms with Gasteiger partial charge in [-0.3, -0.25) is 9.59 Å². The molecule has 0 spiro atoms. The van der Waals surface area contributed by atoms with Crippen LogP contribution in [0.5, 0.6) is 0 Å². The van der Waals surface area contributed by atoms with Gasteiger partial charge < -0.3 is 5.32 Å². The number of rotatable bonds is 4. The maximum absolute atomic E-state index is 13.7. The van der Waals surface area contributed by atoms with E-state index < -0.39 is 0 Å². The zero-order chi connectivity index (χ0) is 23.2. The Labute approximate surface area is 189 Å². The number of carbonyl (C=O) groups is 2. The van der Waals surface area contributed by atoms with Crippen LogP contribution >= 0.6 is 0 Å². The van der Waals surface area contributed by atoms with Crippen molar-refractivity contribution in [3.8, 4) is 0 Å². The number of imide groups is 1. The van der Waals surface area contributed by atoms with E-state index in [1.165, 1.54) is 4.90 Å². The van der Waals surface area contributed by atoms with Crippen molar-refractivity contribution in [3.63, 3.8) is 0 Å². The molecule has 3 aromatic rings. The Bertz CT molecular complexity index is 1300. The van der Waals surface area contributed by atoms with Crippen molar-refractivity contribution in [1.82, 2.24) is 0 Å². The highest BCUT2D eigenvalue weighted by atomic mass is 16.2. The van der Waals surface area contributed by atoms with Gasteiger partial charge in [0.25, 0.3) is 11.8 Å². The summed E-state index contributed by atoms with van der Waals surface area (Å²) in [6.45, 7) is 12.0. The van der Waals surface area contributed by atoms with Gasteiger partial charge in [0.2, 0.25) is 0 Å². The van der Waals surface area contributed by atoms with Crippen LogP contribution < -0.4 is 10.2 Å². The Morgan fingerprint density at radius 3 is 2.12 bits per heavy atom. The van der Waals surface area contributed by atoms with Crippen molar-refractivity contribution in [2.24, 2.45) is 0 Å². The number of nitrogens with zero attached hydrogens (tertiary/aromatic N) is 1. The molecule has 0 radical (unpaired) electrons. The van der Waals surface area contributed by atoms with Gasteiger partial charge in [0.1, 0.15) is 5.70 Å². The summed E-state index contributed by atoms with van der Waals surface area (Å²) in [5.41, 5.74) is 9.25. The van der Waals surface area contributed by atoms with E-state index in [1.807, 2.05) is 96.1 Å². The van der Waals surface area contributed by atoms with Crippen LogP contribution in [0.25, 0.3) is 5.57 Å². The SMILES string of the molecule is Cc1ccc(N2C(=O)C(Nc3cccc(C)c3C)=C(c3ccc(C)c(C)c3)C2=O)c(C)c1. The first-order chi connectivity index (χ1) is 15.2. The van der Waals surface area contributed by atoms with Crippen LogP contribution in [0.4, 0.5) is 11.4 Å². The van der Waals surface area contributed by atoms with E-state index in [-0.39, 0.29) is 11.8 Å². The number of aryl methyl sites for hydroxylation is 5. The lowest BCUT2D eigenvalue weighted by molar-refractivity contribution is -0.120. The van der Waals surface area contributed by atoms with Crippen molar-refractivity contribution in [1.29, 1.82) is 0 Å². The lowest BCUT2D eigenvalue weighted by Crippen LogP contribution is -2.33. The number of hydrogen-bond acceptors (Lipinski definition) is 3. The van der Waals surface area contributed by atoms with Crippen LogP contribution in [0.3, 0.4) is 0 Å². The van der Waals surface area contributed by atoms with Crippen LogP contribution in [-0.4, -0.2) is 11.8 Å². The maximum Gasteiger partial charge on any atom is 0.282 e. The molecule has 4 rings (SSSR count). The quantitative estimate of drug-likeness (QED) is 0.528. The van der Waals surface area contributed by atoms with Gasteiger partial charge in [-0.1, -0.05) is 48.0 Å². The number of hydrogen-bond donors (Lipinski definition) is 1. The summed E-state index contributed by atoms with van der Waals surface area (Å²) in [5, 5.41) is 3.31. The van der Waals surface area contributed by atoms with Crippen LogP contribution in [0.15, 0.2) is 60.3 Å². The molecule has 1 heterocycles. The van der Waals surface area contributed by atoms with Crippen molar-refractivity contribution in [2.45, 2.75) is 41.5 Å². The molecule has 0 aromatic heterocycles. The second-order valence-electron chi connectivity index (χ2n) is 8.66. The van der Waals surface area contributed by atoms with E-state index in [1.54, 1.807) is 0 Å². The molecule has 0 aliphatic carbocycles. The first-order valence-electron chi connectivity index (χ1n) is 10.8. The highest BCUT2D eigenvalue weighted by molar-refractivity contribution is 6.46. The van der Waals surface area contributed by atoms with E-state index in [0.29, 0.717) is 17.0 Å². The van der Waals surface area contributed by atoms with Gasteiger partial charge in [0.15, 0.2) is 0 Å². The fourth-order valence-corrected chi connectivity index (χ4v) is 4.11. The summed E-state index contributed by atoms with van der Waals surface area (Å²) in [7, 11) is 0. The molecular weight excluding hydrogens is 396 g/mol. The summed E-state index contributed by atoms with van der Waals surface area (Å²) in [6.07, 6.45) is 0. The zero-order valence-corrected chi connectivity index (χ0v) is 19.5. The Kier molecular flexibility index (Phi) is 5.47. The number of nitrogens with one attached hydrogen (secondary N) is 1. The minimum atomic E-state index is -0.337. The Morgan fingerprint density at radius 1 is 0.688 bits per heavy atom. The lowest BCUT2D eigenvalue weighted by atomic mass is 9.99. The van der Waals surface area contributed by atoms with Gasteiger partial charge in [-0.2, -0.15) is 0 Å². The van der Waals surface area contributed by atoms with Crippen LogP contribution in [0.2, 0.25) is 0 Å². The molecular formula is C28H28N2O2. The molecule has 4 heteroatoms. The second-order valence-corrected chi connectivity index (χ2v) is 8.66. The fourth-order valence-electron chi connectivity index (χ4n) is 4.11. The molecule has 3 aromatic carbocycles. The van der Waals surface area contributed by atoms with Crippen molar-refractivity contribution < 1.29 is 9.59 Å². The predicted octanol–water partition coefficient (Wildman–Crippen LogP) is 5.93. The van der Waals surface area contributed by atoms with E-state index >= 15 is 0 Å². The Balaban J connectivity index is 1.89. The first-order valence-corrected chi connectivity index (χ1v) is 10.8. The zero-order valence-electron chi connectivity index (χ0n) is 19.5.